The summed E-state index contributed by atoms with van der Waals surface area (Å²) in [5.74, 6) is 0.740. The molecule has 2 aliphatic rings. The highest BCUT2D eigenvalue weighted by atomic mass is 16.6. The molecule has 2 unspecified atom stereocenters. The van der Waals surface area contributed by atoms with Gasteiger partial charge in [0.1, 0.15) is 6.10 Å². The third-order valence-electron chi connectivity index (χ3n) is 3.73. The van der Waals surface area contributed by atoms with Crippen molar-refractivity contribution in [3.63, 3.8) is 0 Å². The Kier molecular flexibility index (Phi) is 3.69. The molecule has 0 spiro atoms. The molecule has 2 fully saturated rings. The number of nitrogens with zero attached hydrogens (tertiary/aromatic N) is 1. The summed E-state index contributed by atoms with van der Waals surface area (Å²) in [6.45, 7) is 3.93. The number of hydrogen-bond donors (Lipinski definition) is 1. The van der Waals surface area contributed by atoms with Gasteiger partial charge in [0.15, 0.2) is 0 Å². The van der Waals surface area contributed by atoms with Gasteiger partial charge in [-0.2, -0.15) is 0 Å². The maximum Gasteiger partial charge on any atom is 0.410 e. The Morgan fingerprint density at radius 1 is 1.25 bits per heavy atom. The predicted octanol–water partition coefficient (Wildman–Crippen LogP) is 1.73. The van der Waals surface area contributed by atoms with Gasteiger partial charge < -0.3 is 15.4 Å². The number of carbonyl (C=O) groups excluding carboxylic acids is 1. The van der Waals surface area contributed by atoms with Crippen molar-refractivity contribution in [1.29, 1.82) is 0 Å². The van der Waals surface area contributed by atoms with E-state index in [2.05, 4.69) is 6.92 Å². The fourth-order valence-electron chi connectivity index (χ4n) is 2.49. The molecule has 16 heavy (non-hydrogen) atoms. The van der Waals surface area contributed by atoms with E-state index in [1.807, 2.05) is 4.90 Å². The van der Waals surface area contributed by atoms with Crippen LogP contribution in [0.2, 0.25) is 0 Å². The van der Waals surface area contributed by atoms with Crippen molar-refractivity contribution in [2.45, 2.75) is 51.2 Å². The summed E-state index contributed by atoms with van der Waals surface area (Å²) in [5, 5.41) is 0. The average Bonchev–Trinajstić information content (AvgIpc) is 2.65. The van der Waals surface area contributed by atoms with E-state index >= 15 is 0 Å². The van der Waals surface area contributed by atoms with Crippen LogP contribution in [0.1, 0.15) is 39.0 Å². The molecule has 1 amide bonds. The van der Waals surface area contributed by atoms with Gasteiger partial charge in [-0.15, -0.1) is 0 Å². The first-order valence-corrected chi connectivity index (χ1v) is 6.36. The fourth-order valence-corrected chi connectivity index (χ4v) is 2.49. The van der Waals surface area contributed by atoms with Crippen LogP contribution in [0.3, 0.4) is 0 Å². The molecule has 2 N–H and O–H groups in total. The van der Waals surface area contributed by atoms with E-state index in [-0.39, 0.29) is 18.2 Å². The number of carbonyl (C=O) groups is 1. The summed E-state index contributed by atoms with van der Waals surface area (Å²) in [6, 6.07) is 0.221. The third-order valence-corrected chi connectivity index (χ3v) is 3.73. The van der Waals surface area contributed by atoms with Crippen LogP contribution in [0.25, 0.3) is 0 Å². The number of piperidine rings is 1. The van der Waals surface area contributed by atoms with Crippen LogP contribution < -0.4 is 5.73 Å². The molecule has 1 aliphatic carbocycles. The van der Waals surface area contributed by atoms with Crippen molar-refractivity contribution < 1.29 is 9.53 Å². The van der Waals surface area contributed by atoms with Crippen LogP contribution in [0, 0.1) is 5.92 Å². The molecule has 1 heterocycles. The van der Waals surface area contributed by atoms with Crippen molar-refractivity contribution >= 4 is 6.09 Å². The largest absolute Gasteiger partial charge is 0.446 e. The third kappa shape index (κ3) is 2.88. The zero-order valence-electron chi connectivity index (χ0n) is 10.0. The topological polar surface area (TPSA) is 55.6 Å². The van der Waals surface area contributed by atoms with Crippen LogP contribution in [-0.2, 0) is 4.74 Å². The molecule has 0 radical (unpaired) electrons. The van der Waals surface area contributed by atoms with Gasteiger partial charge in [-0.1, -0.05) is 6.92 Å². The fraction of sp³-hybridized carbons (Fsp3) is 0.917. The number of likely N-dealkylation sites (tertiary alicyclic amines) is 1. The van der Waals surface area contributed by atoms with Crippen molar-refractivity contribution in [2.24, 2.45) is 11.7 Å². The average molecular weight is 226 g/mol. The molecule has 92 valence electrons. The van der Waals surface area contributed by atoms with E-state index in [9.17, 15) is 4.79 Å². The Morgan fingerprint density at radius 3 is 2.50 bits per heavy atom. The molecule has 2 rings (SSSR count). The van der Waals surface area contributed by atoms with Crippen LogP contribution >= 0.6 is 0 Å². The van der Waals surface area contributed by atoms with Crippen molar-refractivity contribution in [3.05, 3.63) is 0 Å². The van der Waals surface area contributed by atoms with Gasteiger partial charge in [-0.3, -0.25) is 0 Å². The molecule has 4 nitrogen and oxygen atoms in total. The second-order valence-electron chi connectivity index (χ2n) is 5.25. The molecule has 1 aliphatic heterocycles. The lowest BCUT2D eigenvalue weighted by molar-refractivity contribution is 0.0558. The highest BCUT2D eigenvalue weighted by molar-refractivity contribution is 5.67. The minimum atomic E-state index is -0.133. The standard InChI is InChI=1S/C12H22N2O2/c1-9-4-6-14(7-5-9)12(15)16-11-3-2-10(13)8-11/h9-11H,2-8,13H2,1H3. The molecule has 1 saturated carbocycles. The summed E-state index contributed by atoms with van der Waals surface area (Å²) < 4.78 is 5.46. The number of amides is 1. The first kappa shape index (κ1) is 11.7. The minimum Gasteiger partial charge on any atom is -0.446 e. The van der Waals surface area contributed by atoms with Crippen LogP contribution in [0.15, 0.2) is 0 Å². The maximum absolute atomic E-state index is 11.8. The SMILES string of the molecule is CC1CCN(C(=O)OC2CCC(N)C2)CC1. The van der Waals surface area contributed by atoms with E-state index in [4.69, 9.17) is 10.5 Å². The first-order chi connectivity index (χ1) is 7.65. The maximum atomic E-state index is 11.8. The van der Waals surface area contributed by atoms with E-state index < -0.39 is 0 Å². The van der Waals surface area contributed by atoms with E-state index in [1.54, 1.807) is 0 Å². The smallest absolute Gasteiger partial charge is 0.410 e. The number of rotatable bonds is 1. The van der Waals surface area contributed by atoms with Gasteiger partial charge in [-0.05, 0) is 38.0 Å². The molecule has 4 heteroatoms. The Balaban J connectivity index is 1.75. The van der Waals surface area contributed by atoms with Crippen LogP contribution in [-0.4, -0.2) is 36.2 Å². The van der Waals surface area contributed by atoms with Gasteiger partial charge in [0.25, 0.3) is 0 Å². The Morgan fingerprint density at radius 2 is 1.94 bits per heavy atom. The summed E-state index contributed by atoms with van der Waals surface area (Å²) in [7, 11) is 0. The minimum absolute atomic E-state index is 0.0573. The second kappa shape index (κ2) is 5.04. The summed E-state index contributed by atoms with van der Waals surface area (Å²) in [4.78, 5) is 13.7. The second-order valence-corrected chi connectivity index (χ2v) is 5.25. The lowest BCUT2D eigenvalue weighted by Gasteiger charge is -2.30. The van der Waals surface area contributed by atoms with Gasteiger partial charge in [0, 0.05) is 19.1 Å². The highest BCUT2D eigenvalue weighted by Gasteiger charge is 2.28. The van der Waals surface area contributed by atoms with Crippen LogP contribution in [0.4, 0.5) is 4.79 Å². The van der Waals surface area contributed by atoms with Crippen LogP contribution in [0.5, 0.6) is 0 Å². The van der Waals surface area contributed by atoms with E-state index in [1.165, 1.54) is 0 Å². The zero-order chi connectivity index (χ0) is 11.5. The normalized spacial score (nSPS) is 31.8. The Hall–Kier alpha value is -0.770. The summed E-state index contributed by atoms with van der Waals surface area (Å²) in [6.07, 6.45) is 4.86. The molecule has 0 bridgehead atoms. The molecule has 0 aromatic heterocycles. The summed E-state index contributed by atoms with van der Waals surface area (Å²) >= 11 is 0. The summed E-state index contributed by atoms with van der Waals surface area (Å²) in [5.41, 5.74) is 5.79. The zero-order valence-corrected chi connectivity index (χ0v) is 10.0. The molecule has 0 aromatic rings. The molecule has 1 saturated heterocycles. The van der Waals surface area contributed by atoms with Crippen molar-refractivity contribution in [2.75, 3.05) is 13.1 Å². The van der Waals surface area contributed by atoms with Gasteiger partial charge in [-0.25, -0.2) is 4.79 Å². The molecular formula is C12H22N2O2. The molecular weight excluding hydrogens is 204 g/mol. The molecule has 0 aromatic carbocycles. The Bertz CT molecular complexity index is 249. The van der Waals surface area contributed by atoms with E-state index in [0.717, 1.165) is 51.1 Å². The van der Waals surface area contributed by atoms with Crippen molar-refractivity contribution in [3.8, 4) is 0 Å². The number of hydrogen-bond acceptors (Lipinski definition) is 3. The Labute approximate surface area is 97.1 Å². The lowest BCUT2D eigenvalue weighted by Crippen LogP contribution is -2.39. The van der Waals surface area contributed by atoms with Gasteiger partial charge >= 0.3 is 6.09 Å². The first-order valence-electron chi connectivity index (χ1n) is 6.36. The van der Waals surface area contributed by atoms with Crippen molar-refractivity contribution in [1.82, 2.24) is 4.90 Å². The van der Waals surface area contributed by atoms with E-state index in [0.29, 0.717) is 0 Å². The monoisotopic (exact) mass is 226 g/mol. The lowest BCUT2D eigenvalue weighted by atomic mass is 10.00. The number of ether oxygens (including phenoxy) is 1. The number of nitrogens with two attached hydrogens (primary N) is 1. The van der Waals surface area contributed by atoms with Gasteiger partial charge in [0.2, 0.25) is 0 Å². The predicted molar refractivity (Wildman–Crippen MR) is 62.1 cm³/mol. The van der Waals surface area contributed by atoms with Gasteiger partial charge in [0.05, 0.1) is 0 Å². The molecule has 2 atom stereocenters. The highest BCUT2D eigenvalue weighted by Crippen LogP contribution is 2.22. The quantitative estimate of drug-likeness (QED) is 0.741.